The second-order valence-corrected chi connectivity index (χ2v) is 37.4. The second kappa shape index (κ2) is 52.8. The van der Waals surface area contributed by atoms with Crippen LogP contribution in [0.2, 0.25) is 0 Å². The summed E-state index contributed by atoms with van der Waals surface area (Å²) in [5.74, 6) is -11.5. The molecule has 0 bridgehead atoms. The molecular weight excluding hydrogens is 2000 g/mol. The lowest BCUT2D eigenvalue weighted by molar-refractivity contribution is -0.448. The van der Waals surface area contributed by atoms with Gasteiger partial charge in [0.2, 0.25) is 23.6 Å². The summed E-state index contributed by atoms with van der Waals surface area (Å²) in [6, 6.07) is -7.40. The lowest BCUT2D eigenvalue weighted by atomic mass is 9.87. The first kappa shape index (κ1) is 121. The highest BCUT2D eigenvalue weighted by Gasteiger charge is 2.65. The molecule has 0 radical (unpaired) electrons. The molecule has 63 nitrogen and oxygen atoms in total. The van der Waals surface area contributed by atoms with Crippen molar-refractivity contribution in [3.05, 3.63) is 0 Å². The van der Waals surface area contributed by atoms with Gasteiger partial charge in [-0.05, 0) is 6.92 Å². The van der Waals surface area contributed by atoms with Gasteiger partial charge >= 0.3 is 11.9 Å². The Kier molecular flexibility index (Phi) is 43.8. The van der Waals surface area contributed by atoms with E-state index in [1.54, 1.807) is 0 Å². The molecule has 11 aliphatic rings. The molecule has 11 heterocycles. The fourth-order valence-corrected chi connectivity index (χ4v) is 19.2. The number of aliphatic hydroxyl groups excluding tert-OH is 30. The smallest absolute Gasteiger partial charge is 0.332 e. The van der Waals surface area contributed by atoms with Crippen molar-refractivity contribution in [1.29, 1.82) is 0 Å². The van der Waals surface area contributed by atoms with Crippen molar-refractivity contribution in [1.82, 2.24) is 21.3 Å². The Hall–Kier alpha value is -5.22. The third kappa shape index (κ3) is 26.9. The Morgan fingerprint density at radius 3 is 1.03 bits per heavy atom. The van der Waals surface area contributed by atoms with E-state index < -0.39 is 458 Å². The van der Waals surface area contributed by atoms with Crippen molar-refractivity contribution in [2.75, 3.05) is 72.7 Å². The molecule has 11 rings (SSSR count). The first-order chi connectivity index (χ1) is 69.0. The monoisotopic (exact) mass is 2130 g/mol. The molecule has 146 heavy (non-hydrogen) atoms. The number of rotatable bonds is 43. The third-order valence-electron chi connectivity index (χ3n) is 27.3. The molecule has 24 unspecified atom stereocenters. The van der Waals surface area contributed by atoms with Crippen molar-refractivity contribution in [2.24, 2.45) is 11.8 Å². The molecule has 11 aliphatic heterocycles. The summed E-state index contributed by atoms with van der Waals surface area (Å²) in [7, 11) is 0. The van der Waals surface area contributed by atoms with Crippen molar-refractivity contribution >= 4 is 36.6 Å². The van der Waals surface area contributed by atoms with E-state index in [-0.39, 0.29) is 12.9 Å². The van der Waals surface area contributed by atoms with Gasteiger partial charge in [-0.2, -0.15) is 0 Å². The zero-order chi connectivity index (χ0) is 108. The van der Waals surface area contributed by atoms with Gasteiger partial charge in [-0.15, -0.1) is 0 Å². The van der Waals surface area contributed by atoms with Crippen LogP contribution in [0.3, 0.4) is 0 Å². The van der Waals surface area contributed by atoms with Crippen LogP contribution in [0.4, 0.5) is 0 Å². The predicted octanol–water partition coefficient (Wildman–Crippen LogP) is -22.3. The minimum atomic E-state index is -2.92. The topological polar surface area (TPSA) is 970 Å². The summed E-state index contributed by atoms with van der Waals surface area (Å²) in [6.45, 7) is -5.30. The predicted molar refractivity (Wildman–Crippen MR) is 452 cm³/mol. The number of aliphatic hydroxyl groups is 30. The van der Waals surface area contributed by atoms with Gasteiger partial charge in [-0.1, -0.05) is 13.8 Å². The Morgan fingerprint density at radius 1 is 0.315 bits per heavy atom. The fraction of sp³-hybridized carbons (Fsp3) is 0.928. The molecule has 4 amide bonds. The maximum atomic E-state index is 13.4. The lowest BCUT2D eigenvalue weighted by Gasteiger charge is -2.51. The molecule has 0 saturated carbocycles. The van der Waals surface area contributed by atoms with E-state index in [1.165, 1.54) is 20.8 Å². The van der Waals surface area contributed by atoms with Crippen molar-refractivity contribution in [3.8, 4) is 0 Å². The molecular formula is C83H138N4O59. The van der Waals surface area contributed by atoms with Crippen LogP contribution < -0.4 is 21.3 Å². The maximum absolute atomic E-state index is 13.4. The molecule has 0 spiro atoms. The quantitative estimate of drug-likeness (QED) is 0.0199. The highest BCUT2D eigenvalue weighted by atomic mass is 16.9. The molecule has 0 aromatic heterocycles. The summed E-state index contributed by atoms with van der Waals surface area (Å²) in [5, 5.41) is 350. The summed E-state index contributed by atoms with van der Waals surface area (Å²) in [6.07, 6.45) is -106. The zero-order valence-corrected chi connectivity index (χ0v) is 79.4. The third-order valence-corrected chi connectivity index (χ3v) is 27.3. The van der Waals surface area contributed by atoms with E-state index in [9.17, 15) is 182 Å². The molecule has 11 saturated heterocycles. The van der Waals surface area contributed by atoms with Gasteiger partial charge in [-0.25, -0.2) is 0 Å². The van der Waals surface area contributed by atoms with Gasteiger partial charge in [0.15, 0.2) is 50.3 Å². The van der Waals surface area contributed by atoms with Gasteiger partial charge in [0.05, 0.1) is 122 Å². The van der Waals surface area contributed by atoms with Crippen LogP contribution in [0.25, 0.3) is 0 Å². The van der Waals surface area contributed by atoms with Crippen LogP contribution in [0.15, 0.2) is 0 Å². The first-order valence-electron chi connectivity index (χ1n) is 46.9. The largest absolute Gasteiger partial charge is 0.410 e. The normalized spacial score (nSPS) is 47.5. The molecule has 63 heteroatoms. The summed E-state index contributed by atoms with van der Waals surface area (Å²) >= 11 is 0. The maximum Gasteiger partial charge on any atom is 0.332 e. The highest BCUT2D eigenvalue weighted by Crippen LogP contribution is 2.45. The molecule has 11 fully saturated rings. The number of hydrogen-bond acceptors (Lipinski definition) is 59. The minimum absolute atomic E-state index is 0.202. The highest BCUT2D eigenvalue weighted by molar-refractivity contribution is 5.74. The number of carbonyl (C=O) groups excluding carboxylic acids is 6. The van der Waals surface area contributed by atoms with E-state index in [0.717, 1.165) is 27.7 Å². The fourth-order valence-electron chi connectivity index (χ4n) is 19.2. The van der Waals surface area contributed by atoms with Gasteiger partial charge in [0.1, 0.15) is 238 Å². The first-order valence-corrected chi connectivity index (χ1v) is 46.9. The SMILES string of the molecule is CC(=O)NC1C(OC2[C@@H](OCC3O[C@@H](O[C@@H]4C(CO)O[C@@H](O[C@@H]5C(CO)O[C@@H](C)C(NC(C)=O)[C@H]5O)C(NC(C)=O)[C@H]4O)C(O)[C@@H](O[C@H]4OC(CO)[C@@H](O)C(O)C4O[C@@H]4OC(CO)[C@@H](O[C@@H]5OC(CO)[C@H](O)[C@H](O[C@]6(OC=O)C[C@@H](O)[C@@H](C)C(C(O)[C@H](O)CO)O6)C5O)[C@H](O)C4NC(C)=O)[C@@H]3O)OC(CO)[C@@H](O)[C@@H]2O)O[C@@H](CO)[C@@H](O[C@@H]2OC(CO[C@]3(OC=O)C[C@@H](O)[C@@H](C)C(C(O)[C@H](O)CO)O3)[C@H](O)[C@H](O)C2O)C1O. The van der Waals surface area contributed by atoms with E-state index in [4.69, 9.17) is 109 Å². The summed E-state index contributed by atoms with van der Waals surface area (Å²) < 4.78 is 137. The number of hydrogen-bond donors (Lipinski definition) is 34. The number of amides is 4. The number of ether oxygens (including phenoxy) is 23. The standard InChI is InChI=1S/C83H138N4O59/c1-23-30(103)8-82(126-21-97,144-64(23)47(107)32(105)10-88)125-20-42-51(111)58(118)61(121)77(136-42)138-67-38(16-94)133-75(45(56(67)116)86-28(6)101)142-72-59(119)49(109)34(12-90)130-80(72)124-19-41-53(113)70(62(122)78(135-41)139-68-39(17-95)132-74(44(55(68)115)85-27(5)100)137-66-37(15-93)128-25(3)43(54(66)114)84-26(4)99)141-81-73(60(120)50(110)35(13-91)131-81)143-76-46(87-29(7)102)57(117)69(40(18-96)134-76)140-79-63(123)71(52(112)36(14-92)129-79)146-83(127-22-98)9-31(104)24(2)65(145-83)48(108)33(106)11-89/h21-25,30-81,88-96,103-123H,8-20H2,1-7H3,(H,84,99)(H,85,100)(H,86,101)(H,87,102)/t23-,24-,25+,30-,31-,32-,33-,34?,35?,36?,37?,38+,39?,40?,41?,42?,43?,44?,45?,46?,47?,48?,49-,50-,51+,52+,53-,54-,55-,56?,57-,58+,59+,60?,61?,62?,63?,64?,65?,66-,67-,68-,69-,70+,71+,72?,73?,74+,75?,76+,77+,78+,79+,80+,81-,82+,83+/m1/s1. The van der Waals surface area contributed by atoms with Gasteiger partial charge in [-0.3, -0.25) is 28.8 Å². The average molecular weight is 2140 g/mol. The minimum Gasteiger partial charge on any atom is -0.410 e. The molecule has 844 valence electrons. The van der Waals surface area contributed by atoms with Crippen molar-refractivity contribution in [2.45, 2.75) is 398 Å². The van der Waals surface area contributed by atoms with Crippen LogP contribution in [-0.2, 0) is 138 Å². The summed E-state index contributed by atoms with van der Waals surface area (Å²) in [5.41, 5.74) is 0. The Morgan fingerprint density at radius 2 is 0.616 bits per heavy atom. The van der Waals surface area contributed by atoms with Crippen LogP contribution in [-0.4, -0.2) is 599 Å². The second-order valence-electron chi connectivity index (χ2n) is 37.4. The van der Waals surface area contributed by atoms with E-state index in [1.807, 2.05) is 0 Å². The number of nitrogens with one attached hydrogen (secondary N) is 4. The van der Waals surface area contributed by atoms with Crippen molar-refractivity contribution < 1.29 is 291 Å². The molecule has 0 aromatic rings. The number of carbonyl (C=O) groups is 6. The summed E-state index contributed by atoms with van der Waals surface area (Å²) in [4.78, 5) is 76.3. The molecule has 57 atom stereocenters. The zero-order valence-electron chi connectivity index (χ0n) is 79.4. The average Bonchev–Trinajstić information content (AvgIpc) is 0.757. The lowest BCUT2D eigenvalue weighted by Crippen LogP contribution is -2.71. The van der Waals surface area contributed by atoms with Gasteiger partial charge in [0, 0.05) is 39.5 Å². The van der Waals surface area contributed by atoms with E-state index >= 15 is 0 Å². The van der Waals surface area contributed by atoms with Crippen LogP contribution in [0, 0.1) is 11.8 Å². The molecule has 34 N–H and O–H groups in total. The Labute approximate surface area is 828 Å². The van der Waals surface area contributed by atoms with Crippen LogP contribution >= 0.6 is 0 Å². The molecule has 0 aromatic carbocycles. The van der Waals surface area contributed by atoms with Crippen molar-refractivity contribution in [3.63, 3.8) is 0 Å². The van der Waals surface area contributed by atoms with E-state index in [2.05, 4.69) is 21.3 Å². The van der Waals surface area contributed by atoms with Crippen LogP contribution in [0.5, 0.6) is 0 Å². The van der Waals surface area contributed by atoms with Crippen LogP contribution in [0.1, 0.15) is 61.3 Å². The Bertz CT molecular complexity index is 4070. The van der Waals surface area contributed by atoms with Gasteiger partial charge in [0.25, 0.3) is 12.9 Å². The van der Waals surface area contributed by atoms with Gasteiger partial charge < -0.3 is 283 Å². The molecule has 0 aliphatic carbocycles. The van der Waals surface area contributed by atoms with E-state index in [0.29, 0.717) is 0 Å². The Balaban J connectivity index is 0.896.